The second-order valence-electron chi connectivity index (χ2n) is 10.3. The number of rotatable bonds is 11. The van der Waals surface area contributed by atoms with Crippen molar-refractivity contribution < 1.29 is 23.2 Å². The lowest BCUT2D eigenvalue weighted by atomic mass is 10.1. The maximum absolute atomic E-state index is 13.6. The van der Waals surface area contributed by atoms with Gasteiger partial charge in [0, 0.05) is 33.2 Å². The molecule has 2 heterocycles. The number of hydrogen-bond donors (Lipinski definition) is 3. The number of thiazole rings is 1. The Morgan fingerprint density at radius 3 is 2.21 bits per heavy atom. The van der Waals surface area contributed by atoms with Crippen LogP contribution in [0.1, 0.15) is 26.9 Å². The zero-order valence-corrected chi connectivity index (χ0v) is 26.8. The van der Waals surface area contributed by atoms with Gasteiger partial charge in [0.1, 0.15) is 22.5 Å². The number of furan rings is 1. The van der Waals surface area contributed by atoms with Gasteiger partial charge in [0.25, 0.3) is 11.8 Å². The van der Waals surface area contributed by atoms with Crippen LogP contribution in [0, 0.1) is 5.82 Å². The Kier molecular flexibility index (Phi) is 10.2. The maximum Gasteiger partial charge on any atom is 0.272 e. The molecule has 2 aromatic heterocycles. The van der Waals surface area contributed by atoms with Crippen molar-refractivity contribution in [3.63, 3.8) is 0 Å². The van der Waals surface area contributed by atoms with E-state index in [4.69, 9.17) is 4.42 Å². The lowest BCUT2D eigenvalue weighted by Gasteiger charge is -2.16. The van der Waals surface area contributed by atoms with E-state index in [0.717, 1.165) is 16.0 Å². The van der Waals surface area contributed by atoms with Crippen molar-refractivity contribution in [3.05, 3.63) is 161 Å². The molecule has 0 aliphatic heterocycles. The molecule has 11 heteroatoms. The van der Waals surface area contributed by atoms with E-state index in [-0.39, 0.29) is 17.4 Å². The molecule has 0 fully saturated rings. The highest BCUT2D eigenvalue weighted by molar-refractivity contribution is 8.00. The van der Waals surface area contributed by atoms with Crippen molar-refractivity contribution in [1.82, 2.24) is 10.3 Å². The van der Waals surface area contributed by atoms with Crippen LogP contribution in [-0.2, 0) is 9.59 Å². The maximum atomic E-state index is 13.6. The SMILES string of the molecule is O=C(Nc1ccc(SC(C(=O)Nc2nc(-c3ccc(F)cc3)cs2)c2ccccc2)cc1)/C(=C/c1ccco1)NC(=O)c1ccccc1. The van der Waals surface area contributed by atoms with Gasteiger partial charge in [0.05, 0.1) is 12.0 Å². The molecule has 6 rings (SSSR count). The number of nitrogens with one attached hydrogen (secondary N) is 3. The number of aromatic nitrogens is 1. The molecule has 1 unspecified atom stereocenters. The molecule has 3 N–H and O–H groups in total. The average molecular weight is 675 g/mol. The van der Waals surface area contributed by atoms with Gasteiger partial charge in [-0.3, -0.25) is 14.4 Å². The Morgan fingerprint density at radius 1 is 0.812 bits per heavy atom. The third-order valence-electron chi connectivity index (χ3n) is 6.94. The molecule has 0 radical (unpaired) electrons. The monoisotopic (exact) mass is 674 g/mol. The second-order valence-corrected chi connectivity index (χ2v) is 12.4. The fraction of sp³-hybridized carbons (Fsp3) is 0.0270. The lowest BCUT2D eigenvalue weighted by Crippen LogP contribution is -2.30. The van der Waals surface area contributed by atoms with Gasteiger partial charge < -0.3 is 20.4 Å². The molecule has 4 aromatic carbocycles. The predicted octanol–water partition coefficient (Wildman–Crippen LogP) is 8.42. The molecule has 3 amide bonds. The predicted molar refractivity (Wildman–Crippen MR) is 187 cm³/mol. The van der Waals surface area contributed by atoms with Crippen LogP contribution in [0.3, 0.4) is 0 Å². The highest BCUT2D eigenvalue weighted by atomic mass is 32.2. The van der Waals surface area contributed by atoms with Gasteiger partial charge in [0.2, 0.25) is 5.91 Å². The summed E-state index contributed by atoms with van der Waals surface area (Å²) in [5, 5.41) is 10.0. The topological polar surface area (TPSA) is 113 Å². The fourth-order valence-electron chi connectivity index (χ4n) is 4.57. The minimum Gasteiger partial charge on any atom is -0.465 e. The quantitative estimate of drug-likeness (QED) is 0.0940. The average Bonchev–Trinajstić information content (AvgIpc) is 3.81. The van der Waals surface area contributed by atoms with Crippen LogP contribution in [0.5, 0.6) is 0 Å². The van der Waals surface area contributed by atoms with Crippen LogP contribution >= 0.6 is 23.1 Å². The van der Waals surface area contributed by atoms with E-state index >= 15 is 0 Å². The van der Waals surface area contributed by atoms with Gasteiger partial charge in [-0.1, -0.05) is 48.5 Å². The highest BCUT2D eigenvalue weighted by Crippen LogP contribution is 2.37. The third-order valence-corrected chi connectivity index (χ3v) is 8.96. The summed E-state index contributed by atoms with van der Waals surface area (Å²) >= 11 is 2.63. The van der Waals surface area contributed by atoms with Crippen molar-refractivity contribution in [2.24, 2.45) is 0 Å². The van der Waals surface area contributed by atoms with E-state index in [1.165, 1.54) is 47.6 Å². The summed E-state index contributed by atoms with van der Waals surface area (Å²) in [5.74, 6) is -1.17. The number of benzene rings is 4. The van der Waals surface area contributed by atoms with Crippen LogP contribution < -0.4 is 16.0 Å². The molecule has 8 nitrogen and oxygen atoms in total. The second kappa shape index (κ2) is 15.2. The molecule has 0 spiro atoms. The van der Waals surface area contributed by atoms with Gasteiger partial charge in [-0.05, 0) is 78.4 Å². The Balaban J connectivity index is 1.15. The normalized spacial score (nSPS) is 11.8. The number of anilines is 2. The minimum absolute atomic E-state index is 0.00263. The first kappa shape index (κ1) is 32.2. The van der Waals surface area contributed by atoms with Crippen LogP contribution in [0.4, 0.5) is 15.2 Å². The molecular formula is C37H27FN4O4S2. The minimum atomic E-state index is -0.610. The summed E-state index contributed by atoms with van der Waals surface area (Å²) in [6, 6.07) is 34.4. The molecule has 0 aliphatic carbocycles. The van der Waals surface area contributed by atoms with Gasteiger partial charge in [-0.25, -0.2) is 9.37 Å². The smallest absolute Gasteiger partial charge is 0.272 e. The van der Waals surface area contributed by atoms with Gasteiger partial charge in [0.15, 0.2) is 5.13 Å². The number of carbonyl (C=O) groups is 3. The van der Waals surface area contributed by atoms with E-state index < -0.39 is 17.1 Å². The fourth-order valence-corrected chi connectivity index (χ4v) is 6.31. The van der Waals surface area contributed by atoms with Crippen molar-refractivity contribution >= 4 is 57.7 Å². The van der Waals surface area contributed by atoms with Crippen LogP contribution in [0.25, 0.3) is 17.3 Å². The Hall–Kier alpha value is -5.78. The molecule has 0 saturated heterocycles. The van der Waals surface area contributed by atoms with E-state index in [0.29, 0.717) is 27.8 Å². The van der Waals surface area contributed by atoms with Crippen LogP contribution in [-0.4, -0.2) is 22.7 Å². The summed E-state index contributed by atoms with van der Waals surface area (Å²) in [4.78, 5) is 45.0. The third kappa shape index (κ3) is 8.32. The summed E-state index contributed by atoms with van der Waals surface area (Å²) in [6.07, 6.45) is 2.93. The first-order chi connectivity index (χ1) is 23.4. The molecule has 6 aromatic rings. The zero-order valence-electron chi connectivity index (χ0n) is 25.1. The lowest BCUT2D eigenvalue weighted by molar-refractivity contribution is -0.116. The first-order valence-electron chi connectivity index (χ1n) is 14.7. The van der Waals surface area contributed by atoms with Crippen molar-refractivity contribution in [2.45, 2.75) is 10.1 Å². The number of hydrogen-bond acceptors (Lipinski definition) is 7. The van der Waals surface area contributed by atoms with E-state index in [1.807, 2.05) is 35.7 Å². The van der Waals surface area contributed by atoms with Gasteiger partial charge >= 0.3 is 0 Å². The Morgan fingerprint density at radius 2 is 1.52 bits per heavy atom. The molecule has 1 atom stereocenters. The van der Waals surface area contributed by atoms with E-state index in [1.54, 1.807) is 78.9 Å². The van der Waals surface area contributed by atoms with Gasteiger partial charge in [-0.2, -0.15) is 0 Å². The standard InChI is InChI=1S/C37H27FN4O4S2/c38-27-15-13-24(14-16-27)32-23-47-37(41-32)42-36(45)33(25-8-3-1-4-9-25)48-30-19-17-28(18-20-30)39-35(44)31(22-29-12-7-21-46-29)40-34(43)26-10-5-2-6-11-26/h1-23,33H,(H,39,44)(H,40,43)(H,41,42,45)/b31-22-. The van der Waals surface area contributed by atoms with Gasteiger partial charge in [-0.15, -0.1) is 23.1 Å². The van der Waals surface area contributed by atoms with Crippen LogP contribution in [0.15, 0.2) is 148 Å². The number of thioether (sulfide) groups is 1. The van der Waals surface area contributed by atoms with Crippen LogP contribution in [0.2, 0.25) is 0 Å². The first-order valence-corrected chi connectivity index (χ1v) is 16.4. The molecule has 0 bridgehead atoms. The summed E-state index contributed by atoms with van der Waals surface area (Å²) in [6.45, 7) is 0. The van der Waals surface area contributed by atoms with E-state index in [2.05, 4.69) is 20.9 Å². The molecule has 48 heavy (non-hydrogen) atoms. The number of halogens is 1. The zero-order chi connectivity index (χ0) is 33.3. The largest absolute Gasteiger partial charge is 0.465 e. The summed E-state index contributed by atoms with van der Waals surface area (Å²) < 4.78 is 18.7. The molecule has 238 valence electrons. The number of nitrogens with zero attached hydrogens (tertiary/aromatic N) is 1. The molecular weight excluding hydrogens is 648 g/mol. The molecule has 0 saturated carbocycles. The van der Waals surface area contributed by atoms with Crippen molar-refractivity contribution in [2.75, 3.05) is 10.6 Å². The van der Waals surface area contributed by atoms with Crippen molar-refractivity contribution in [1.29, 1.82) is 0 Å². The Bertz CT molecular complexity index is 2030. The highest BCUT2D eigenvalue weighted by Gasteiger charge is 2.24. The van der Waals surface area contributed by atoms with E-state index in [9.17, 15) is 18.8 Å². The Labute approximate surface area is 283 Å². The summed E-state index contributed by atoms with van der Waals surface area (Å²) in [5.41, 5.74) is 3.07. The number of carbonyl (C=O) groups excluding carboxylic acids is 3. The molecule has 0 aliphatic rings. The number of amides is 3. The van der Waals surface area contributed by atoms with Crippen molar-refractivity contribution in [3.8, 4) is 11.3 Å². The summed E-state index contributed by atoms with van der Waals surface area (Å²) in [7, 11) is 0.